The van der Waals surface area contributed by atoms with Gasteiger partial charge in [0.1, 0.15) is 13.1 Å². The Hall–Kier alpha value is -1.16. The zero-order valence-electron chi connectivity index (χ0n) is 16.0. The van der Waals surface area contributed by atoms with Gasteiger partial charge in [0.2, 0.25) is 0 Å². The molecule has 2 N–H and O–H groups in total. The van der Waals surface area contributed by atoms with Gasteiger partial charge in [-0.1, -0.05) is 64.5 Å². The largest absolute Gasteiger partial charge is 0.330 e. The molecule has 2 bridgehead atoms. The van der Waals surface area contributed by atoms with E-state index in [4.69, 9.17) is 0 Å². The van der Waals surface area contributed by atoms with Crippen LogP contribution in [0.2, 0.25) is 0 Å². The molecule has 0 amide bonds. The lowest BCUT2D eigenvalue weighted by Gasteiger charge is -2.52. The van der Waals surface area contributed by atoms with Crippen molar-refractivity contribution in [1.82, 2.24) is 0 Å². The monoisotopic (exact) mass is 414 g/mol. The summed E-state index contributed by atoms with van der Waals surface area (Å²) >= 11 is 3.74. The van der Waals surface area contributed by atoms with Crippen LogP contribution in [0.15, 0.2) is 59.1 Å². The summed E-state index contributed by atoms with van der Waals surface area (Å²) in [5.41, 5.74) is 3.83. The van der Waals surface area contributed by atoms with Crippen LogP contribution in [0.5, 0.6) is 0 Å². The fraction of sp³-hybridized carbons (Fsp3) is 0.478. The predicted octanol–water partition coefficient (Wildman–Crippen LogP) is 2.35. The van der Waals surface area contributed by atoms with Crippen LogP contribution < -0.4 is 9.80 Å². The Morgan fingerprint density at radius 3 is 1.92 bits per heavy atom. The maximum atomic E-state index is 3.74. The van der Waals surface area contributed by atoms with Crippen LogP contribution >= 0.6 is 15.9 Å². The molecule has 4 rings (SSSR count). The highest BCUT2D eigenvalue weighted by atomic mass is 79.9. The van der Waals surface area contributed by atoms with Crippen molar-refractivity contribution in [2.75, 3.05) is 26.2 Å². The molecule has 2 aliphatic heterocycles. The summed E-state index contributed by atoms with van der Waals surface area (Å²) in [5, 5.41) is 0. The molecule has 0 radical (unpaired) electrons. The smallest absolute Gasteiger partial charge is 0.104 e. The maximum Gasteiger partial charge on any atom is 0.104 e. The van der Waals surface area contributed by atoms with E-state index in [2.05, 4.69) is 84.4 Å². The zero-order valence-corrected chi connectivity index (χ0v) is 17.6. The second-order valence-electron chi connectivity index (χ2n) is 9.44. The lowest BCUT2D eigenvalue weighted by atomic mass is 9.65. The van der Waals surface area contributed by atoms with Crippen molar-refractivity contribution in [3.63, 3.8) is 0 Å². The van der Waals surface area contributed by atoms with Crippen LogP contribution in [-0.2, 0) is 13.1 Å². The molecule has 2 aromatic carbocycles. The van der Waals surface area contributed by atoms with Gasteiger partial charge < -0.3 is 9.80 Å². The SMILES string of the molecule is C[C@]12C[NH+](Cc3ccccc3)C[C@](C)(C[NH+](Cc3ccccc3Br)C1)C2. The first kappa shape index (κ1) is 18.2. The minimum absolute atomic E-state index is 0.450. The van der Waals surface area contributed by atoms with Gasteiger partial charge >= 0.3 is 0 Å². The van der Waals surface area contributed by atoms with E-state index < -0.39 is 0 Å². The molecule has 138 valence electrons. The number of halogens is 1. The van der Waals surface area contributed by atoms with E-state index in [1.807, 2.05) is 0 Å². The first-order chi connectivity index (χ1) is 12.4. The average Bonchev–Trinajstić information content (AvgIpc) is 2.55. The van der Waals surface area contributed by atoms with Crippen LogP contribution in [0.3, 0.4) is 0 Å². The summed E-state index contributed by atoms with van der Waals surface area (Å²) in [6.45, 7) is 12.6. The van der Waals surface area contributed by atoms with Crippen LogP contribution in [-0.4, -0.2) is 26.2 Å². The van der Waals surface area contributed by atoms with Gasteiger partial charge in [0.05, 0.1) is 37.0 Å². The van der Waals surface area contributed by atoms with Gasteiger partial charge in [-0.25, -0.2) is 0 Å². The van der Waals surface area contributed by atoms with Crippen molar-refractivity contribution in [2.24, 2.45) is 10.8 Å². The highest BCUT2D eigenvalue weighted by Crippen LogP contribution is 2.36. The summed E-state index contributed by atoms with van der Waals surface area (Å²) in [5.74, 6) is 0. The van der Waals surface area contributed by atoms with Crippen LogP contribution in [0.1, 0.15) is 31.4 Å². The van der Waals surface area contributed by atoms with E-state index in [9.17, 15) is 0 Å². The van der Waals surface area contributed by atoms with Gasteiger partial charge in [-0.3, -0.25) is 0 Å². The normalized spacial score (nSPS) is 33.8. The third-order valence-electron chi connectivity index (χ3n) is 6.26. The van der Waals surface area contributed by atoms with Gasteiger partial charge in [-0.2, -0.15) is 0 Å². The summed E-state index contributed by atoms with van der Waals surface area (Å²) in [4.78, 5) is 3.53. The van der Waals surface area contributed by atoms with Crippen molar-refractivity contribution in [3.8, 4) is 0 Å². The minimum Gasteiger partial charge on any atom is -0.330 e. The van der Waals surface area contributed by atoms with Crippen molar-refractivity contribution >= 4 is 15.9 Å². The van der Waals surface area contributed by atoms with E-state index in [1.165, 1.54) is 54.7 Å². The van der Waals surface area contributed by atoms with E-state index in [-0.39, 0.29) is 0 Å². The highest BCUT2D eigenvalue weighted by molar-refractivity contribution is 9.10. The molecule has 2 aliphatic rings. The number of benzene rings is 2. The Balaban J connectivity index is 1.48. The molecule has 2 nitrogen and oxygen atoms in total. The number of hydrogen-bond donors (Lipinski definition) is 2. The number of piperidine rings is 2. The number of fused-ring (bicyclic) bond motifs is 2. The second-order valence-corrected chi connectivity index (χ2v) is 10.3. The zero-order chi connectivity index (χ0) is 18.2. The Kier molecular flexibility index (Phi) is 4.98. The fourth-order valence-electron chi connectivity index (χ4n) is 5.99. The summed E-state index contributed by atoms with van der Waals surface area (Å²) in [7, 11) is 0. The molecule has 2 saturated heterocycles. The van der Waals surface area contributed by atoms with Crippen LogP contribution in [0.25, 0.3) is 0 Å². The minimum atomic E-state index is 0.450. The molecule has 0 aromatic heterocycles. The average molecular weight is 415 g/mol. The lowest BCUT2D eigenvalue weighted by molar-refractivity contribution is -0.985. The Bertz CT molecular complexity index is 742. The Labute approximate surface area is 166 Å². The van der Waals surface area contributed by atoms with Crippen molar-refractivity contribution in [3.05, 3.63) is 70.2 Å². The van der Waals surface area contributed by atoms with Gasteiger partial charge in [0, 0.05) is 15.6 Å². The molecule has 2 fully saturated rings. The van der Waals surface area contributed by atoms with Crippen molar-refractivity contribution < 1.29 is 9.80 Å². The fourth-order valence-corrected chi connectivity index (χ4v) is 6.42. The molecule has 0 spiro atoms. The topological polar surface area (TPSA) is 8.88 Å². The molecular weight excluding hydrogens is 384 g/mol. The number of quaternary nitrogens is 2. The van der Waals surface area contributed by atoms with Gasteiger partial charge in [0.25, 0.3) is 0 Å². The first-order valence-electron chi connectivity index (χ1n) is 9.88. The molecular formula is C23H31BrN2+2. The number of rotatable bonds is 4. The van der Waals surface area contributed by atoms with Gasteiger partial charge in [-0.05, 0) is 26.3 Å². The third-order valence-corrected chi connectivity index (χ3v) is 7.03. The predicted molar refractivity (Wildman–Crippen MR) is 110 cm³/mol. The molecule has 2 heterocycles. The highest BCUT2D eigenvalue weighted by Gasteiger charge is 2.53. The maximum absolute atomic E-state index is 3.74. The summed E-state index contributed by atoms with van der Waals surface area (Å²) in [6, 6.07) is 19.8. The molecule has 2 unspecified atom stereocenters. The van der Waals surface area contributed by atoms with Crippen molar-refractivity contribution in [1.29, 1.82) is 0 Å². The van der Waals surface area contributed by atoms with Gasteiger partial charge in [0.15, 0.2) is 0 Å². The van der Waals surface area contributed by atoms with Gasteiger partial charge in [-0.15, -0.1) is 0 Å². The molecule has 3 heteroatoms. The molecule has 4 atom stereocenters. The second kappa shape index (κ2) is 7.10. The van der Waals surface area contributed by atoms with Crippen molar-refractivity contribution in [2.45, 2.75) is 33.4 Å². The third kappa shape index (κ3) is 4.05. The van der Waals surface area contributed by atoms with Crippen LogP contribution in [0, 0.1) is 10.8 Å². The Morgan fingerprint density at radius 2 is 1.31 bits per heavy atom. The van der Waals surface area contributed by atoms with E-state index in [0.717, 1.165) is 6.54 Å². The summed E-state index contributed by atoms with van der Waals surface area (Å²) < 4.78 is 1.26. The van der Waals surface area contributed by atoms with Crippen LogP contribution in [0.4, 0.5) is 0 Å². The van der Waals surface area contributed by atoms with E-state index >= 15 is 0 Å². The van der Waals surface area contributed by atoms with E-state index in [0.29, 0.717) is 10.8 Å². The summed E-state index contributed by atoms with van der Waals surface area (Å²) in [6.07, 6.45) is 1.39. The first-order valence-corrected chi connectivity index (χ1v) is 10.7. The standard InChI is InChI=1S/C23H29BrN2/c1-22-14-23(2,16-25(15-22)12-19-8-4-3-5-9-19)18-26(17-22)13-20-10-6-7-11-21(20)24/h3-11H,12-18H2,1-2H3/p+2/t22-,23+. The lowest BCUT2D eigenvalue weighted by Crippen LogP contribution is -3.23. The number of hydrogen-bond acceptors (Lipinski definition) is 0. The number of nitrogens with one attached hydrogen (secondary N) is 2. The molecule has 2 aromatic rings. The number of likely N-dealkylation sites (tertiary alicyclic amines) is 2. The quantitative estimate of drug-likeness (QED) is 0.759. The Morgan fingerprint density at radius 1 is 0.769 bits per heavy atom. The molecule has 0 aliphatic carbocycles. The molecule has 26 heavy (non-hydrogen) atoms. The molecule has 0 saturated carbocycles. The van der Waals surface area contributed by atoms with E-state index in [1.54, 1.807) is 9.80 Å².